The highest BCUT2D eigenvalue weighted by Gasteiger charge is 2.21. The molecular weight excluding hydrogens is 286 g/mol. The number of rotatable bonds is 5. The third-order valence-corrected chi connectivity index (χ3v) is 3.33. The van der Waals surface area contributed by atoms with Gasteiger partial charge in [0.2, 0.25) is 0 Å². The van der Waals surface area contributed by atoms with Gasteiger partial charge in [0.25, 0.3) is 0 Å². The molecule has 96 valence electrons. The van der Waals surface area contributed by atoms with Crippen molar-refractivity contribution >= 4 is 15.9 Å². The summed E-state index contributed by atoms with van der Waals surface area (Å²) in [7, 11) is 3.17. The Labute approximate surface area is 110 Å². The zero-order valence-corrected chi connectivity index (χ0v) is 11.9. The Bertz CT molecular complexity index is 396. The molecule has 1 aromatic rings. The zero-order chi connectivity index (χ0) is 13.0. The van der Waals surface area contributed by atoms with Crippen molar-refractivity contribution in [3.05, 3.63) is 21.7 Å². The minimum atomic E-state index is -0.709. The number of aliphatic hydroxyl groups excluding tert-OH is 1. The van der Waals surface area contributed by atoms with Gasteiger partial charge in [0, 0.05) is 22.1 Å². The monoisotopic (exact) mass is 303 g/mol. The summed E-state index contributed by atoms with van der Waals surface area (Å²) >= 11 is 3.43. The molecule has 1 aromatic carbocycles. The Morgan fingerprint density at radius 1 is 1.41 bits per heavy atom. The number of halogens is 1. The van der Waals surface area contributed by atoms with E-state index in [4.69, 9.17) is 15.2 Å². The van der Waals surface area contributed by atoms with Crippen LogP contribution in [0.15, 0.2) is 10.5 Å². The van der Waals surface area contributed by atoms with Crippen LogP contribution in [0.4, 0.5) is 0 Å². The summed E-state index contributed by atoms with van der Waals surface area (Å²) < 4.78 is 11.4. The molecule has 0 fully saturated rings. The molecule has 0 spiro atoms. The molecule has 0 aliphatic heterocycles. The van der Waals surface area contributed by atoms with E-state index in [0.717, 1.165) is 22.0 Å². The van der Waals surface area contributed by atoms with E-state index in [1.807, 2.05) is 6.92 Å². The molecule has 4 nitrogen and oxygen atoms in total. The molecule has 0 heterocycles. The summed E-state index contributed by atoms with van der Waals surface area (Å²) in [4.78, 5) is 0. The van der Waals surface area contributed by atoms with E-state index >= 15 is 0 Å². The highest BCUT2D eigenvalue weighted by molar-refractivity contribution is 9.10. The molecule has 0 aliphatic rings. The topological polar surface area (TPSA) is 64.7 Å². The fourth-order valence-corrected chi connectivity index (χ4v) is 2.59. The average molecular weight is 304 g/mol. The van der Waals surface area contributed by atoms with Crippen LogP contribution >= 0.6 is 15.9 Å². The molecule has 0 saturated carbocycles. The van der Waals surface area contributed by atoms with Gasteiger partial charge in [0.05, 0.1) is 20.3 Å². The van der Waals surface area contributed by atoms with Crippen molar-refractivity contribution in [1.29, 1.82) is 0 Å². The van der Waals surface area contributed by atoms with Gasteiger partial charge in [-0.05, 0) is 12.5 Å². The normalized spacial score (nSPS) is 12.4. The van der Waals surface area contributed by atoms with Crippen LogP contribution in [0, 0.1) is 0 Å². The van der Waals surface area contributed by atoms with Crippen molar-refractivity contribution in [2.45, 2.75) is 19.4 Å². The maximum Gasteiger partial charge on any atom is 0.164 e. The number of nitrogens with two attached hydrogens (primary N) is 1. The Morgan fingerprint density at radius 3 is 2.47 bits per heavy atom. The maximum absolute atomic E-state index is 9.95. The molecule has 0 bridgehead atoms. The predicted molar refractivity (Wildman–Crippen MR) is 70.6 cm³/mol. The molecule has 0 saturated heterocycles. The third-order valence-electron chi connectivity index (χ3n) is 2.67. The Balaban J connectivity index is 3.48. The standard InChI is InChI=1S/C12H18BrNO3/c1-4-7-11(9(15)6-14)8(13)5-10(16-2)12(7)17-3/h5,9,15H,4,6,14H2,1-3H3. The molecule has 0 radical (unpaired) electrons. The quantitative estimate of drug-likeness (QED) is 0.873. The Hall–Kier alpha value is -0.780. The third kappa shape index (κ3) is 2.73. The van der Waals surface area contributed by atoms with Crippen LogP contribution in [-0.4, -0.2) is 25.9 Å². The van der Waals surface area contributed by atoms with Gasteiger partial charge in [-0.1, -0.05) is 22.9 Å². The van der Waals surface area contributed by atoms with Crippen molar-refractivity contribution in [2.24, 2.45) is 5.73 Å². The second-order valence-corrected chi connectivity index (χ2v) is 4.45. The van der Waals surface area contributed by atoms with Crippen LogP contribution in [-0.2, 0) is 6.42 Å². The van der Waals surface area contributed by atoms with Crippen LogP contribution in [0.5, 0.6) is 11.5 Å². The van der Waals surface area contributed by atoms with Crippen LogP contribution < -0.4 is 15.2 Å². The van der Waals surface area contributed by atoms with Crippen molar-refractivity contribution in [1.82, 2.24) is 0 Å². The second-order valence-electron chi connectivity index (χ2n) is 3.59. The highest BCUT2D eigenvalue weighted by atomic mass is 79.9. The van der Waals surface area contributed by atoms with E-state index < -0.39 is 6.10 Å². The summed E-state index contributed by atoms with van der Waals surface area (Å²) in [6.45, 7) is 2.16. The number of hydrogen-bond donors (Lipinski definition) is 2. The van der Waals surface area contributed by atoms with Gasteiger partial charge in [0.15, 0.2) is 11.5 Å². The Kier molecular flexibility index (Phi) is 5.24. The number of hydrogen-bond acceptors (Lipinski definition) is 4. The molecule has 17 heavy (non-hydrogen) atoms. The van der Waals surface area contributed by atoms with Crippen molar-refractivity contribution in [3.8, 4) is 11.5 Å². The van der Waals surface area contributed by atoms with E-state index in [1.165, 1.54) is 0 Å². The summed E-state index contributed by atoms with van der Waals surface area (Å²) in [5.74, 6) is 1.30. The first kappa shape index (κ1) is 14.3. The van der Waals surface area contributed by atoms with Crippen molar-refractivity contribution in [3.63, 3.8) is 0 Å². The van der Waals surface area contributed by atoms with E-state index in [0.29, 0.717) is 11.5 Å². The molecule has 0 aliphatic carbocycles. The fourth-order valence-electron chi connectivity index (χ4n) is 1.88. The first-order chi connectivity index (χ1) is 8.10. The summed E-state index contributed by atoms with van der Waals surface area (Å²) in [5, 5.41) is 9.95. The lowest BCUT2D eigenvalue weighted by Gasteiger charge is -2.20. The summed E-state index contributed by atoms with van der Waals surface area (Å²) in [6, 6.07) is 1.78. The first-order valence-corrected chi connectivity index (χ1v) is 6.21. The Morgan fingerprint density at radius 2 is 2.06 bits per heavy atom. The van der Waals surface area contributed by atoms with Crippen molar-refractivity contribution < 1.29 is 14.6 Å². The van der Waals surface area contributed by atoms with Crippen LogP contribution in [0.2, 0.25) is 0 Å². The second kappa shape index (κ2) is 6.23. The lowest BCUT2D eigenvalue weighted by atomic mass is 9.98. The lowest BCUT2D eigenvalue weighted by Crippen LogP contribution is -2.15. The smallest absolute Gasteiger partial charge is 0.164 e. The molecule has 1 atom stereocenters. The molecule has 3 N–H and O–H groups in total. The fraction of sp³-hybridized carbons (Fsp3) is 0.500. The largest absolute Gasteiger partial charge is 0.493 e. The highest BCUT2D eigenvalue weighted by Crippen LogP contribution is 2.40. The van der Waals surface area contributed by atoms with E-state index in [9.17, 15) is 5.11 Å². The van der Waals surface area contributed by atoms with Gasteiger partial charge in [-0.15, -0.1) is 0 Å². The minimum absolute atomic E-state index is 0.168. The number of benzene rings is 1. The maximum atomic E-state index is 9.95. The minimum Gasteiger partial charge on any atom is -0.493 e. The number of aliphatic hydroxyl groups is 1. The van der Waals surface area contributed by atoms with E-state index in [1.54, 1.807) is 20.3 Å². The van der Waals surface area contributed by atoms with E-state index in [2.05, 4.69) is 15.9 Å². The van der Waals surface area contributed by atoms with Crippen molar-refractivity contribution in [2.75, 3.05) is 20.8 Å². The molecule has 0 aromatic heterocycles. The molecular formula is C12H18BrNO3. The number of ether oxygens (including phenoxy) is 2. The lowest BCUT2D eigenvalue weighted by molar-refractivity contribution is 0.184. The molecule has 0 amide bonds. The van der Waals surface area contributed by atoms with E-state index in [-0.39, 0.29) is 6.54 Å². The van der Waals surface area contributed by atoms with Gasteiger partial charge in [-0.2, -0.15) is 0 Å². The zero-order valence-electron chi connectivity index (χ0n) is 10.3. The van der Waals surface area contributed by atoms with Gasteiger partial charge < -0.3 is 20.3 Å². The van der Waals surface area contributed by atoms with Crippen LogP contribution in [0.3, 0.4) is 0 Å². The SMILES string of the molecule is CCc1c(OC)c(OC)cc(Br)c1C(O)CN. The van der Waals surface area contributed by atoms with Crippen LogP contribution in [0.25, 0.3) is 0 Å². The van der Waals surface area contributed by atoms with Gasteiger partial charge in [-0.3, -0.25) is 0 Å². The molecule has 1 unspecified atom stereocenters. The predicted octanol–water partition coefficient (Wildman–Crippen LogP) is 2.02. The first-order valence-electron chi connectivity index (χ1n) is 5.42. The summed E-state index contributed by atoms with van der Waals surface area (Å²) in [5.41, 5.74) is 7.20. The van der Waals surface area contributed by atoms with Crippen LogP contribution in [0.1, 0.15) is 24.2 Å². The molecule has 1 rings (SSSR count). The van der Waals surface area contributed by atoms with Gasteiger partial charge in [-0.25, -0.2) is 0 Å². The molecule has 5 heteroatoms. The van der Waals surface area contributed by atoms with Gasteiger partial charge >= 0.3 is 0 Å². The average Bonchev–Trinajstić information content (AvgIpc) is 2.36. The number of methoxy groups -OCH3 is 2. The van der Waals surface area contributed by atoms with Gasteiger partial charge in [0.1, 0.15) is 0 Å². The summed E-state index contributed by atoms with van der Waals surface area (Å²) in [6.07, 6.45) is 0.0184.